The first kappa shape index (κ1) is 19.3. The van der Waals surface area contributed by atoms with Crippen molar-refractivity contribution in [3.8, 4) is 6.07 Å². The number of rotatable bonds is 5. The smallest absolute Gasteiger partial charge is 0.267 e. The molecule has 1 amide bonds. The number of aryl methyl sites for hydroxylation is 1. The number of nitriles is 1. The molecule has 0 saturated heterocycles. The van der Waals surface area contributed by atoms with Gasteiger partial charge in [-0.1, -0.05) is 17.7 Å². The number of amides is 1. The third-order valence-electron chi connectivity index (χ3n) is 7.28. The van der Waals surface area contributed by atoms with E-state index < -0.39 is 5.91 Å². The fraction of sp³-hybridized carbons (Fsp3) is 0.565. The van der Waals surface area contributed by atoms with Crippen molar-refractivity contribution in [2.75, 3.05) is 5.32 Å². The number of carbonyl (C=O) groups is 1. The Morgan fingerprint density at radius 2 is 1.86 bits per heavy atom. The van der Waals surface area contributed by atoms with Crippen molar-refractivity contribution in [3.05, 3.63) is 40.6 Å². The number of benzene rings is 1. The molecule has 4 saturated carbocycles. The van der Waals surface area contributed by atoms with E-state index in [1.54, 1.807) is 18.3 Å². The van der Waals surface area contributed by atoms with Gasteiger partial charge in [0.1, 0.15) is 11.6 Å². The van der Waals surface area contributed by atoms with Crippen LogP contribution in [0.25, 0.3) is 0 Å². The summed E-state index contributed by atoms with van der Waals surface area (Å²) in [7, 11) is 0. The van der Waals surface area contributed by atoms with Crippen molar-refractivity contribution < 1.29 is 4.79 Å². The fourth-order valence-electron chi connectivity index (χ4n) is 6.11. The molecule has 0 spiro atoms. The molecule has 1 unspecified atom stereocenters. The predicted molar refractivity (Wildman–Crippen MR) is 112 cm³/mol. The first-order valence-electron chi connectivity index (χ1n) is 10.3. The topological polar surface area (TPSA) is 64.9 Å². The normalized spacial score (nSPS) is 31.9. The number of anilines is 1. The van der Waals surface area contributed by atoms with Gasteiger partial charge < -0.3 is 10.6 Å². The van der Waals surface area contributed by atoms with E-state index in [2.05, 4.69) is 17.6 Å². The van der Waals surface area contributed by atoms with E-state index in [9.17, 15) is 10.1 Å². The maximum Gasteiger partial charge on any atom is 0.267 e. The summed E-state index contributed by atoms with van der Waals surface area (Å²) in [4.78, 5) is 12.5. The van der Waals surface area contributed by atoms with E-state index in [-0.39, 0.29) is 11.6 Å². The molecule has 1 atom stereocenters. The van der Waals surface area contributed by atoms with E-state index in [4.69, 9.17) is 11.6 Å². The molecule has 4 nitrogen and oxygen atoms in total. The summed E-state index contributed by atoms with van der Waals surface area (Å²) in [6.45, 7) is 4.13. The van der Waals surface area contributed by atoms with E-state index >= 15 is 0 Å². The fourth-order valence-corrected chi connectivity index (χ4v) is 6.29. The summed E-state index contributed by atoms with van der Waals surface area (Å²) in [6, 6.07) is 7.64. The van der Waals surface area contributed by atoms with Gasteiger partial charge in [-0.2, -0.15) is 5.26 Å². The van der Waals surface area contributed by atoms with Crippen LogP contribution in [0.2, 0.25) is 5.02 Å². The van der Waals surface area contributed by atoms with Gasteiger partial charge in [0, 0.05) is 23.0 Å². The van der Waals surface area contributed by atoms with Crippen LogP contribution in [0.5, 0.6) is 0 Å². The molecule has 28 heavy (non-hydrogen) atoms. The third-order valence-corrected chi connectivity index (χ3v) is 7.68. The van der Waals surface area contributed by atoms with Crippen LogP contribution < -0.4 is 10.6 Å². The molecule has 5 heteroatoms. The SMILES string of the molecule is Cc1ccc(NC(=O)/C(C#N)=C\NC(C)C23CC4CC(CC(C4)C2)C3)cc1Cl. The van der Waals surface area contributed by atoms with Gasteiger partial charge in [-0.25, -0.2) is 0 Å². The molecular formula is C23H28ClN3O. The lowest BCUT2D eigenvalue weighted by atomic mass is 9.48. The van der Waals surface area contributed by atoms with Crippen LogP contribution in [-0.4, -0.2) is 11.9 Å². The van der Waals surface area contributed by atoms with Gasteiger partial charge in [0.05, 0.1) is 0 Å². The molecule has 0 aromatic heterocycles. The lowest BCUT2D eigenvalue weighted by Crippen LogP contribution is -2.54. The molecule has 148 valence electrons. The highest BCUT2D eigenvalue weighted by atomic mass is 35.5. The average molecular weight is 398 g/mol. The van der Waals surface area contributed by atoms with E-state index in [1.165, 1.54) is 38.5 Å². The Morgan fingerprint density at radius 3 is 2.39 bits per heavy atom. The van der Waals surface area contributed by atoms with Crippen LogP contribution in [0.1, 0.15) is 51.0 Å². The average Bonchev–Trinajstić information content (AvgIpc) is 2.64. The van der Waals surface area contributed by atoms with Gasteiger partial charge in [-0.05, 0) is 93.2 Å². The zero-order valence-electron chi connectivity index (χ0n) is 16.6. The zero-order valence-corrected chi connectivity index (χ0v) is 17.4. The van der Waals surface area contributed by atoms with Gasteiger partial charge >= 0.3 is 0 Å². The molecule has 2 N–H and O–H groups in total. The molecule has 4 aliphatic carbocycles. The Kier molecular flexibility index (Phi) is 5.14. The van der Waals surface area contributed by atoms with Crippen LogP contribution in [-0.2, 0) is 4.79 Å². The second kappa shape index (κ2) is 7.44. The summed E-state index contributed by atoms with van der Waals surface area (Å²) in [5.41, 5.74) is 1.96. The monoisotopic (exact) mass is 397 g/mol. The Hall–Kier alpha value is -1.99. The zero-order chi connectivity index (χ0) is 19.9. The number of carbonyl (C=O) groups excluding carboxylic acids is 1. The van der Waals surface area contributed by atoms with Crippen molar-refractivity contribution in [1.29, 1.82) is 5.26 Å². The van der Waals surface area contributed by atoms with Gasteiger partial charge in [-0.3, -0.25) is 4.79 Å². The Labute approximate surface area is 172 Å². The summed E-state index contributed by atoms with van der Waals surface area (Å²) >= 11 is 6.12. The standard InChI is InChI=1S/C23H28ClN3O/c1-14-3-4-20(8-21(14)24)27-22(28)19(12-25)13-26-15(2)23-9-16-5-17(10-23)7-18(6-16)11-23/h3-4,8,13,15-18,26H,5-7,9-11H2,1-2H3,(H,27,28)/b19-13-. The number of halogens is 1. The maximum atomic E-state index is 12.5. The largest absolute Gasteiger partial charge is 0.387 e. The molecule has 4 bridgehead atoms. The highest BCUT2D eigenvalue weighted by Gasteiger charge is 2.52. The van der Waals surface area contributed by atoms with Crippen LogP contribution in [0.15, 0.2) is 30.0 Å². The lowest BCUT2D eigenvalue weighted by molar-refractivity contribution is -0.112. The quantitative estimate of drug-likeness (QED) is 0.530. The van der Waals surface area contributed by atoms with E-state index in [0.717, 1.165) is 23.3 Å². The lowest BCUT2D eigenvalue weighted by Gasteiger charge is -2.59. The molecule has 0 aliphatic heterocycles. The first-order valence-corrected chi connectivity index (χ1v) is 10.7. The van der Waals surface area contributed by atoms with E-state index in [0.29, 0.717) is 16.1 Å². The Balaban J connectivity index is 1.43. The highest BCUT2D eigenvalue weighted by Crippen LogP contribution is 2.61. The second-order valence-electron chi connectivity index (χ2n) is 9.26. The number of nitrogens with one attached hydrogen (secondary N) is 2. The molecule has 0 radical (unpaired) electrons. The number of hydrogen-bond donors (Lipinski definition) is 2. The third kappa shape index (κ3) is 3.65. The van der Waals surface area contributed by atoms with Crippen LogP contribution in [0, 0.1) is 41.4 Å². The van der Waals surface area contributed by atoms with Gasteiger partial charge in [0.25, 0.3) is 5.91 Å². The minimum absolute atomic E-state index is 0.0910. The van der Waals surface area contributed by atoms with Crippen molar-refractivity contribution in [2.45, 2.75) is 58.4 Å². The van der Waals surface area contributed by atoms with Crippen LogP contribution in [0.4, 0.5) is 5.69 Å². The molecule has 1 aromatic rings. The predicted octanol–water partition coefficient (Wildman–Crippen LogP) is 5.19. The van der Waals surface area contributed by atoms with Crippen molar-refractivity contribution >= 4 is 23.2 Å². The van der Waals surface area contributed by atoms with E-state index in [1.807, 2.05) is 19.1 Å². The maximum absolute atomic E-state index is 12.5. The van der Waals surface area contributed by atoms with Gasteiger partial charge in [0.2, 0.25) is 0 Å². The summed E-state index contributed by atoms with van der Waals surface area (Å²) in [5, 5.41) is 16.2. The van der Waals surface area contributed by atoms with Crippen LogP contribution >= 0.6 is 11.6 Å². The van der Waals surface area contributed by atoms with Crippen LogP contribution in [0.3, 0.4) is 0 Å². The van der Waals surface area contributed by atoms with Crippen molar-refractivity contribution in [2.24, 2.45) is 23.2 Å². The Bertz CT molecular complexity index is 819. The molecule has 0 heterocycles. The number of nitrogens with zero attached hydrogens (tertiary/aromatic N) is 1. The molecule has 4 fully saturated rings. The second-order valence-corrected chi connectivity index (χ2v) is 9.66. The van der Waals surface area contributed by atoms with Crippen molar-refractivity contribution in [3.63, 3.8) is 0 Å². The number of hydrogen-bond acceptors (Lipinski definition) is 3. The Morgan fingerprint density at radius 1 is 1.25 bits per heavy atom. The minimum atomic E-state index is -0.410. The van der Waals surface area contributed by atoms with Gasteiger partial charge in [0.15, 0.2) is 0 Å². The first-order chi connectivity index (χ1) is 13.4. The molecule has 1 aromatic carbocycles. The molecule has 4 aliphatic rings. The summed E-state index contributed by atoms with van der Waals surface area (Å²) in [6.07, 6.45) is 9.70. The van der Waals surface area contributed by atoms with Crippen molar-refractivity contribution in [1.82, 2.24) is 5.32 Å². The summed E-state index contributed by atoms with van der Waals surface area (Å²) in [5.74, 6) is 2.23. The molecular weight excluding hydrogens is 370 g/mol. The minimum Gasteiger partial charge on any atom is -0.387 e. The highest BCUT2D eigenvalue weighted by molar-refractivity contribution is 6.31. The summed E-state index contributed by atoms with van der Waals surface area (Å²) < 4.78 is 0. The van der Waals surface area contributed by atoms with Gasteiger partial charge in [-0.15, -0.1) is 0 Å². The molecule has 5 rings (SSSR count).